The van der Waals surface area contributed by atoms with Gasteiger partial charge in [-0.25, -0.2) is 4.98 Å². The van der Waals surface area contributed by atoms with Gasteiger partial charge >= 0.3 is 5.97 Å². The number of carbonyl (C=O) groups is 1. The summed E-state index contributed by atoms with van der Waals surface area (Å²) in [4.78, 5) is 16.3. The number of rotatable bonds is 7. The molecule has 0 bridgehead atoms. The third kappa shape index (κ3) is 3.80. The zero-order chi connectivity index (χ0) is 13.8. The van der Waals surface area contributed by atoms with Crippen LogP contribution in [-0.2, 0) is 16.1 Å². The van der Waals surface area contributed by atoms with E-state index >= 15 is 0 Å². The second-order valence-electron chi connectivity index (χ2n) is 5.34. The first-order valence-electron chi connectivity index (χ1n) is 7.05. The fraction of sp³-hybridized carbons (Fsp3) is 0.714. The second-order valence-corrected chi connectivity index (χ2v) is 5.34. The van der Waals surface area contributed by atoms with E-state index in [0.29, 0.717) is 25.1 Å². The van der Waals surface area contributed by atoms with Gasteiger partial charge in [0, 0.05) is 30.9 Å². The van der Waals surface area contributed by atoms with Gasteiger partial charge in [0.15, 0.2) is 0 Å². The molecule has 2 rings (SSSR count). The van der Waals surface area contributed by atoms with Crippen LogP contribution >= 0.6 is 0 Å². The molecule has 1 heterocycles. The van der Waals surface area contributed by atoms with Crippen molar-refractivity contribution in [1.29, 1.82) is 0 Å². The molecule has 0 spiro atoms. The lowest BCUT2D eigenvalue weighted by Crippen LogP contribution is -2.42. The first kappa shape index (κ1) is 14.1. The number of ether oxygens (including phenoxy) is 1. The Morgan fingerprint density at radius 1 is 1.58 bits per heavy atom. The van der Waals surface area contributed by atoms with Gasteiger partial charge in [-0.1, -0.05) is 13.8 Å². The third-order valence-electron chi connectivity index (χ3n) is 3.23. The van der Waals surface area contributed by atoms with Crippen molar-refractivity contribution in [2.24, 2.45) is 0 Å². The number of carbonyl (C=O) groups excluding carboxylic acids is 1. The van der Waals surface area contributed by atoms with E-state index in [4.69, 9.17) is 4.74 Å². The van der Waals surface area contributed by atoms with Crippen molar-refractivity contribution in [3.63, 3.8) is 0 Å². The Balaban J connectivity index is 2.05. The SMILES string of the molecule is CCOC(=O)C(Cn1ccnc1C(C)C)NC1CC1. The van der Waals surface area contributed by atoms with Crippen LogP contribution in [0.4, 0.5) is 0 Å². The Labute approximate surface area is 114 Å². The number of hydrogen-bond donors (Lipinski definition) is 1. The molecule has 0 radical (unpaired) electrons. The standard InChI is InChI=1S/C14H23N3O2/c1-4-19-14(18)12(16-11-5-6-11)9-17-8-7-15-13(17)10(2)3/h7-8,10-12,16H,4-6,9H2,1-3H3. The number of nitrogens with one attached hydrogen (secondary N) is 1. The van der Waals surface area contributed by atoms with Crippen LogP contribution in [0.3, 0.4) is 0 Å². The van der Waals surface area contributed by atoms with Crippen LogP contribution in [-0.4, -0.2) is 34.2 Å². The predicted molar refractivity (Wildman–Crippen MR) is 72.9 cm³/mol. The Hall–Kier alpha value is -1.36. The van der Waals surface area contributed by atoms with E-state index in [0.717, 1.165) is 18.7 Å². The summed E-state index contributed by atoms with van der Waals surface area (Å²) in [6, 6.07) is 0.194. The van der Waals surface area contributed by atoms with Gasteiger partial charge in [0.25, 0.3) is 0 Å². The Kier molecular flexibility index (Phi) is 4.58. The maximum atomic E-state index is 12.0. The van der Waals surface area contributed by atoms with E-state index in [1.165, 1.54) is 0 Å². The largest absolute Gasteiger partial charge is 0.465 e. The number of aromatic nitrogens is 2. The van der Waals surface area contributed by atoms with Crippen molar-refractivity contribution in [3.05, 3.63) is 18.2 Å². The first-order valence-corrected chi connectivity index (χ1v) is 7.05. The second kappa shape index (κ2) is 6.19. The maximum Gasteiger partial charge on any atom is 0.324 e. The van der Waals surface area contributed by atoms with Crippen molar-refractivity contribution in [2.45, 2.75) is 58.2 Å². The smallest absolute Gasteiger partial charge is 0.324 e. The third-order valence-corrected chi connectivity index (χ3v) is 3.23. The van der Waals surface area contributed by atoms with Gasteiger partial charge in [-0.15, -0.1) is 0 Å². The topological polar surface area (TPSA) is 56.2 Å². The Morgan fingerprint density at radius 3 is 2.89 bits per heavy atom. The molecular formula is C14H23N3O2. The molecule has 1 unspecified atom stereocenters. The quantitative estimate of drug-likeness (QED) is 0.762. The van der Waals surface area contributed by atoms with E-state index < -0.39 is 0 Å². The van der Waals surface area contributed by atoms with Crippen molar-refractivity contribution < 1.29 is 9.53 Å². The fourth-order valence-electron chi connectivity index (χ4n) is 2.15. The molecule has 1 atom stereocenters. The lowest BCUT2D eigenvalue weighted by Gasteiger charge is -2.19. The monoisotopic (exact) mass is 265 g/mol. The molecule has 1 aliphatic rings. The molecule has 1 aliphatic carbocycles. The molecule has 1 N–H and O–H groups in total. The molecule has 1 aromatic heterocycles. The van der Waals surface area contributed by atoms with Crippen LogP contribution in [0.1, 0.15) is 45.4 Å². The van der Waals surface area contributed by atoms with E-state index in [1.807, 2.05) is 17.7 Å². The lowest BCUT2D eigenvalue weighted by molar-refractivity contribution is -0.146. The molecule has 0 saturated heterocycles. The summed E-state index contributed by atoms with van der Waals surface area (Å²) in [5.41, 5.74) is 0. The van der Waals surface area contributed by atoms with Crippen LogP contribution < -0.4 is 5.32 Å². The molecule has 0 aromatic carbocycles. The van der Waals surface area contributed by atoms with Crippen LogP contribution in [0.25, 0.3) is 0 Å². The normalized spacial score (nSPS) is 16.6. The fourth-order valence-corrected chi connectivity index (χ4v) is 2.15. The highest BCUT2D eigenvalue weighted by Crippen LogP contribution is 2.20. The van der Waals surface area contributed by atoms with Gasteiger partial charge in [0.05, 0.1) is 6.61 Å². The minimum absolute atomic E-state index is 0.169. The van der Waals surface area contributed by atoms with Crippen LogP contribution in [0, 0.1) is 0 Å². The van der Waals surface area contributed by atoms with Crippen molar-refractivity contribution >= 4 is 5.97 Å². The molecule has 0 aliphatic heterocycles. The summed E-state index contributed by atoms with van der Waals surface area (Å²) in [5.74, 6) is 1.18. The predicted octanol–water partition coefficient (Wildman–Crippen LogP) is 1.69. The highest BCUT2D eigenvalue weighted by Gasteiger charge is 2.29. The summed E-state index contributed by atoms with van der Waals surface area (Å²) in [6.45, 7) is 7.05. The molecule has 19 heavy (non-hydrogen) atoms. The summed E-state index contributed by atoms with van der Waals surface area (Å²) in [6.07, 6.45) is 6.01. The number of nitrogens with zero attached hydrogens (tertiary/aromatic N) is 2. The highest BCUT2D eigenvalue weighted by molar-refractivity contribution is 5.75. The minimum Gasteiger partial charge on any atom is -0.465 e. The molecular weight excluding hydrogens is 242 g/mol. The van der Waals surface area contributed by atoms with E-state index in [2.05, 4.69) is 24.1 Å². The summed E-state index contributed by atoms with van der Waals surface area (Å²) in [7, 11) is 0. The molecule has 5 heteroatoms. The van der Waals surface area contributed by atoms with Gasteiger partial charge in [0.2, 0.25) is 0 Å². The van der Waals surface area contributed by atoms with Gasteiger partial charge in [-0.05, 0) is 19.8 Å². The summed E-state index contributed by atoms with van der Waals surface area (Å²) >= 11 is 0. The number of esters is 1. The van der Waals surface area contributed by atoms with Crippen LogP contribution in [0.5, 0.6) is 0 Å². The average molecular weight is 265 g/mol. The van der Waals surface area contributed by atoms with Gasteiger partial charge < -0.3 is 14.6 Å². The van der Waals surface area contributed by atoms with Gasteiger partial charge in [0.1, 0.15) is 11.9 Å². The Morgan fingerprint density at radius 2 is 2.32 bits per heavy atom. The average Bonchev–Trinajstić information content (AvgIpc) is 3.04. The highest BCUT2D eigenvalue weighted by atomic mass is 16.5. The van der Waals surface area contributed by atoms with Crippen molar-refractivity contribution in [3.8, 4) is 0 Å². The van der Waals surface area contributed by atoms with Crippen LogP contribution in [0.2, 0.25) is 0 Å². The van der Waals surface area contributed by atoms with Crippen LogP contribution in [0.15, 0.2) is 12.4 Å². The Bertz CT molecular complexity index is 424. The maximum absolute atomic E-state index is 12.0. The first-order chi connectivity index (χ1) is 9.11. The zero-order valence-electron chi connectivity index (χ0n) is 11.9. The molecule has 1 aromatic rings. The zero-order valence-corrected chi connectivity index (χ0v) is 11.9. The molecule has 1 saturated carbocycles. The van der Waals surface area contributed by atoms with E-state index in [1.54, 1.807) is 6.20 Å². The van der Waals surface area contributed by atoms with Gasteiger partial charge in [-0.2, -0.15) is 0 Å². The summed E-state index contributed by atoms with van der Waals surface area (Å²) < 4.78 is 7.19. The minimum atomic E-state index is -0.279. The number of imidazole rings is 1. The van der Waals surface area contributed by atoms with E-state index in [-0.39, 0.29) is 12.0 Å². The van der Waals surface area contributed by atoms with Gasteiger partial charge in [-0.3, -0.25) is 4.79 Å². The lowest BCUT2D eigenvalue weighted by atomic mass is 10.2. The molecule has 5 nitrogen and oxygen atoms in total. The number of hydrogen-bond acceptors (Lipinski definition) is 4. The molecule has 106 valence electrons. The van der Waals surface area contributed by atoms with Crippen molar-refractivity contribution in [1.82, 2.24) is 14.9 Å². The molecule has 1 fully saturated rings. The van der Waals surface area contributed by atoms with E-state index in [9.17, 15) is 4.79 Å². The molecule has 0 amide bonds. The summed E-state index contributed by atoms with van der Waals surface area (Å²) in [5, 5.41) is 3.36. The van der Waals surface area contributed by atoms with Crippen molar-refractivity contribution in [2.75, 3.05) is 6.61 Å².